The summed E-state index contributed by atoms with van der Waals surface area (Å²) in [4.78, 5) is 4.05. The van der Waals surface area contributed by atoms with E-state index in [-0.39, 0.29) is 0 Å². The van der Waals surface area contributed by atoms with E-state index in [1.165, 1.54) is 0 Å². The van der Waals surface area contributed by atoms with Crippen LogP contribution in [0.5, 0.6) is 0 Å². The van der Waals surface area contributed by atoms with Crippen LogP contribution >= 0.6 is 11.6 Å². The van der Waals surface area contributed by atoms with Gasteiger partial charge < -0.3 is 9.84 Å². The van der Waals surface area contributed by atoms with Crippen molar-refractivity contribution >= 4 is 22.9 Å². The molecule has 0 spiro atoms. The maximum atomic E-state index is 10.5. The van der Waals surface area contributed by atoms with Crippen LogP contribution in [0.1, 0.15) is 38.3 Å². The number of pyridine rings is 1. The summed E-state index contributed by atoms with van der Waals surface area (Å²) in [7, 11) is 1.55. The van der Waals surface area contributed by atoms with Gasteiger partial charge in [-0.25, -0.2) is 4.98 Å². The highest BCUT2D eigenvalue weighted by Gasteiger charge is 2.27. The Bertz CT molecular complexity index is 507. The summed E-state index contributed by atoms with van der Waals surface area (Å²) in [6.45, 7) is 9.43. The Morgan fingerprint density at radius 3 is 2.68 bits per heavy atom. The zero-order valence-electron chi connectivity index (χ0n) is 11.8. The molecule has 0 bridgehead atoms. The second-order valence-electron chi connectivity index (χ2n) is 4.51. The first-order valence-corrected chi connectivity index (χ1v) is 6.53. The largest absolute Gasteiger partial charge is 0.497 e. The van der Waals surface area contributed by atoms with Crippen molar-refractivity contribution in [1.29, 1.82) is 0 Å². The summed E-state index contributed by atoms with van der Waals surface area (Å²) in [6.07, 6.45) is 4.08. The number of methoxy groups -OCH3 is 1. The molecule has 19 heavy (non-hydrogen) atoms. The number of hydrogen-bond acceptors (Lipinski definition) is 3. The number of ether oxygens (including phenoxy) is 1. The molecule has 1 unspecified atom stereocenters. The van der Waals surface area contributed by atoms with E-state index in [0.717, 1.165) is 16.7 Å². The molecule has 1 N–H and O–H groups in total. The third kappa shape index (κ3) is 3.37. The number of halogens is 1. The molecule has 0 aliphatic carbocycles. The van der Waals surface area contributed by atoms with Crippen LogP contribution in [0, 0.1) is 0 Å². The highest BCUT2D eigenvalue weighted by atomic mass is 35.5. The lowest BCUT2D eigenvalue weighted by Crippen LogP contribution is -2.25. The monoisotopic (exact) mass is 281 g/mol. The topological polar surface area (TPSA) is 42.4 Å². The molecule has 1 heterocycles. The summed E-state index contributed by atoms with van der Waals surface area (Å²) in [5, 5.41) is 10.9. The number of nitrogens with zero attached hydrogens (tertiary/aromatic N) is 1. The van der Waals surface area contributed by atoms with E-state index in [1.54, 1.807) is 26.3 Å². The zero-order valence-corrected chi connectivity index (χ0v) is 12.6. The van der Waals surface area contributed by atoms with Gasteiger partial charge in [0.05, 0.1) is 12.7 Å². The molecule has 0 aromatic carbocycles. The molecule has 1 atom stereocenters. The van der Waals surface area contributed by atoms with Crippen LogP contribution < -0.4 is 0 Å². The minimum absolute atomic E-state index is 0.369. The first-order valence-electron chi connectivity index (χ1n) is 6.15. The molecule has 0 radical (unpaired) electrons. The molecular formula is C15H20ClNO2. The van der Waals surface area contributed by atoms with Gasteiger partial charge in [0.1, 0.15) is 10.9 Å². The zero-order chi connectivity index (χ0) is 14.6. The van der Waals surface area contributed by atoms with Gasteiger partial charge in [0.15, 0.2) is 0 Å². The van der Waals surface area contributed by atoms with Gasteiger partial charge in [-0.05, 0) is 37.5 Å². The maximum absolute atomic E-state index is 10.5. The Morgan fingerprint density at radius 1 is 1.58 bits per heavy atom. The molecule has 3 nitrogen and oxygen atoms in total. The number of rotatable bonds is 5. The highest BCUT2D eigenvalue weighted by molar-refractivity contribution is 6.29. The molecule has 1 aromatic heterocycles. The molecule has 0 aliphatic rings. The van der Waals surface area contributed by atoms with Crippen LogP contribution in [0.15, 0.2) is 24.9 Å². The van der Waals surface area contributed by atoms with Gasteiger partial charge in [-0.3, -0.25) is 0 Å². The molecule has 1 aromatic rings. The number of aliphatic hydroxyl groups is 1. The predicted octanol–water partition coefficient (Wildman–Crippen LogP) is 3.92. The summed E-state index contributed by atoms with van der Waals surface area (Å²) >= 11 is 5.97. The van der Waals surface area contributed by atoms with Crippen LogP contribution in [-0.2, 0) is 4.74 Å². The smallest absolute Gasteiger partial charge is 0.129 e. The molecule has 0 saturated carbocycles. The normalized spacial score (nSPS) is 14.9. The fraction of sp³-hybridized carbons (Fsp3) is 0.400. The van der Waals surface area contributed by atoms with Gasteiger partial charge in [-0.1, -0.05) is 31.2 Å². The van der Waals surface area contributed by atoms with Crippen LogP contribution in [0.25, 0.3) is 11.3 Å². The lowest BCUT2D eigenvalue weighted by atomic mass is 9.85. The quantitative estimate of drug-likeness (QED) is 0.657. The molecule has 0 amide bonds. The Labute approximate surface area is 119 Å². The first-order chi connectivity index (χ1) is 8.87. The lowest BCUT2D eigenvalue weighted by molar-refractivity contribution is 0.118. The molecule has 0 aliphatic heterocycles. The molecule has 4 heteroatoms. The average molecular weight is 282 g/mol. The van der Waals surface area contributed by atoms with Gasteiger partial charge in [0.2, 0.25) is 0 Å². The van der Waals surface area contributed by atoms with Gasteiger partial charge in [-0.2, -0.15) is 0 Å². The summed E-state index contributed by atoms with van der Waals surface area (Å²) < 4.78 is 5.17. The minimum Gasteiger partial charge on any atom is -0.497 e. The van der Waals surface area contributed by atoms with Gasteiger partial charge >= 0.3 is 0 Å². The number of allylic oxidation sites excluding steroid dienone is 1. The first kappa shape index (κ1) is 15.7. The summed E-state index contributed by atoms with van der Waals surface area (Å²) in [6, 6.07) is 1.72. The van der Waals surface area contributed by atoms with Crippen LogP contribution in [0.3, 0.4) is 0 Å². The highest BCUT2D eigenvalue weighted by Crippen LogP contribution is 2.35. The molecule has 0 saturated heterocycles. The van der Waals surface area contributed by atoms with Crippen molar-refractivity contribution in [3.63, 3.8) is 0 Å². The van der Waals surface area contributed by atoms with Crippen molar-refractivity contribution in [2.24, 2.45) is 0 Å². The number of hydrogen-bond donors (Lipinski definition) is 1. The Balaban J connectivity index is 3.47. The second-order valence-corrected chi connectivity index (χ2v) is 4.90. The second kappa shape index (κ2) is 6.22. The van der Waals surface area contributed by atoms with E-state index in [9.17, 15) is 5.11 Å². The van der Waals surface area contributed by atoms with Gasteiger partial charge in [0.25, 0.3) is 0 Å². The summed E-state index contributed by atoms with van der Waals surface area (Å²) in [5.41, 5.74) is 1.37. The fourth-order valence-electron chi connectivity index (χ4n) is 1.93. The van der Waals surface area contributed by atoms with E-state index in [2.05, 4.69) is 11.6 Å². The Morgan fingerprint density at radius 2 is 2.21 bits per heavy atom. The fourth-order valence-corrected chi connectivity index (χ4v) is 2.09. The van der Waals surface area contributed by atoms with Crippen molar-refractivity contribution in [1.82, 2.24) is 4.98 Å². The van der Waals surface area contributed by atoms with Crippen molar-refractivity contribution in [3.05, 3.63) is 41.2 Å². The van der Waals surface area contributed by atoms with E-state index in [4.69, 9.17) is 16.3 Å². The van der Waals surface area contributed by atoms with Crippen molar-refractivity contribution in [2.45, 2.75) is 32.8 Å². The van der Waals surface area contributed by atoms with Crippen molar-refractivity contribution in [3.8, 4) is 0 Å². The molecular weight excluding hydrogens is 262 g/mol. The Hall–Kier alpha value is -1.32. The number of aromatic nitrogens is 1. The third-order valence-corrected chi connectivity index (χ3v) is 3.47. The summed E-state index contributed by atoms with van der Waals surface area (Å²) in [5.74, 6) is 0.491. The standard InChI is InChI=1S/C15H20ClNO2/c1-6-13(15(4,18)7-2)11-8-14(16)17-9-12(11)10(3)19-5/h6,8-9,18H,3,7H2,1-2,4-5H3/b13-6+. The predicted molar refractivity (Wildman–Crippen MR) is 79.9 cm³/mol. The Kier molecular flexibility index (Phi) is 5.15. The van der Waals surface area contributed by atoms with Crippen LogP contribution in [-0.4, -0.2) is 22.8 Å². The van der Waals surface area contributed by atoms with Crippen LogP contribution in [0.2, 0.25) is 5.15 Å². The van der Waals surface area contributed by atoms with E-state index < -0.39 is 5.60 Å². The maximum Gasteiger partial charge on any atom is 0.129 e. The van der Waals surface area contributed by atoms with Gasteiger partial charge in [-0.15, -0.1) is 0 Å². The van der Waals surface area contributed by atoms with E-state index in [0.29, 0.717) is 17.3 Å². The van der Waals surface area contributed by atoms with E-state index in [1.807, 2.05) is 19.9 Å². The molecule has 0 fully saturated rings. The third-order valence-electron chi connectivity index (χ3n) is 3.26. The van der Waals surface area contributed by atoms with Crippen molar-refractivity contribution in [2.75, 3.05) is 7.11 Å². The van der Waals surface area contributed by atoms with Gasteiger partial charge in [0, 0.05) is 11.8 Å². The SMILES string of the molecule is C=C(OC)c1cnc(Cl)cc1/C(=C\C)C(C)(O)CC. The van der Waals surface area contributed by atoms with E-state index >= 15 is 0 Å². The molecule has 1 rings (SSSR count). The molecule has 104 valence electrons. The van der Waals surface area contributed by atoms with Crippen LogP contribution in [0.4, 0.5) is 0 Å². The average Bonchev–Trinajstić information content (AvgIpc) is 2.38. The minimum atomic E-state index is -0.942. The van der Waals surface area contributed by atoms with Crippen molar-refractivity contribution < 1.29 is 9.84 Å². The lowest BCUT2D eigenvalue weighted by Gasteiger charge is -2.27.